The minimum atomic E-state index is -4.47. The molecule has 1 N–H and O–H groups in total. The molecule has 1 aromatic carbocycles. The van der Waals surface area contributed by atoms with Crippen LogP contribution in [0.15, 0.2) is 30.3 Å². The molecule has 1 saturated carbocycles. The summed E-state index contributed by atoms with van der Waals surface area (Å²) >= 11 is 12.0. The molecule has 134 valence electrons. The van der Waals surface area contributed by atoms with Crippen molar-refractivity contribution < 1.29 is 18.0 Å². The van der Waals surface area contributed by atoms with Crippen molar-refractivity contribution in [3.05, 3.63) is 41.6 Å². The van der Waals surface area contributed by atoms with Gasteiger partial charge in [0.1, 0.15) is 10.2 Å². The van der Waals surface area contributed by atoms with Crippen LogP contribution in [0.3, 0.4) is 0 Å². The summed E-state index contributed by atoms with van der Waals surface area (Å²) < 4.78 is 38.9. The summed E-state index contributed by atoms with van der Waals surface area (Å²) in [6.07, 6.45) is -4.18. The number of anilines is 1. The molecule has 1 fully saturated rings. The molecular formula is C16H14Cl2F3N3O. The summed E-state index contributed by atoms with van der Waals surface area (Å²) in [4.78, 5) is 12.4. The molecule has 1 unspecified atom stereocenters. The van der Waals surface area contributed by atoms with E-state index in [2.05, 4.69) is 10.4 Å². The molecule has 1 amide bonds. The Morgan fingerprint density at radius 1 is 1.32 bits per heavy atom. The fraction of sp³-hybridized carbons (Fsp3) is 0.375. The zero-order valence-electron chi connectivity index (χ0n) is 13.3. The van der Waals surface area contributed by atoms with Gasteiger partial charge in [-0.15, -0.1) is 23.2 Å². The fourth-order valence-electron chi connectivity index (χ4n) is 2.50. The number of hydrogen-bond acceptors (Lipinski definition) is 2. The van der Waals surface area contributed by atoms with Gasteiger partial charge in [0.05, 0.1) is 22.4 Å². The maximum absolute atomic E-state index is 12.9. The Morgan fingerprint density at radius 3 is 2.52 bits per heavy atom. The minimum Gasteiger partial charge on any atom is -0.310 e. The monoisotopic (exact) mass is 391 g/mol. The SMILES string of the molecule is Cc1cc(NC(=O)C2(C)CC2(Cl)Cl)n(-c2cccc(C(F)(F)F)c2)n1. The van der Waals surface area contributed by atoms with Gasteiger partial charge in [0.2, 0.25) is 5.91 Å². The maximum Gasteiger partial charge on any atom is 0.416 e. The van der Waals surface area contributed by atoms with Crippen LogP contribution in [0, 0.1) is 12.3 Å². The van der Waals surface area contributed by atoms with Gasteiger partial charge in [0.25, 0.3) is 0 Å². The number of amides is 1. The van der Waals surface area contributed by atoms with Gasteiger partial charge in [-0.1, -0.05) is 6.07 Å². The van der Waals surface area contributed by atoms with Crippen molar-refractivity contribution in [1.29, 1.82) is 0 Å². The second-order valence-electron chi connectivity index (χ2n) is 6.30. The Hall–Kier alpha value is -1.73. The van der Waals surface area contributed by atoms with Crippen LogP contribution in [0.1, 0.15) is 24.6 Å². The highest BCUT2D eigenvalue weighted by atomic mass is 35.5. The van der Waals surface area contributed by atoms with Crippen molar-refractivity contribution in [1.82, 2.24) is 9.78 Å². The van der Waals surface area contributed by atoms with Gasteiger partial charge in [-0.3, -0.25) is 4.79 Å². The van der Waals surface area contributed by atoms with E-state index in [1.54, 1.807) is 19.9 Å². The van der Waals surface area contributed by atoms with E-state index >= 15 is 0 Å². The first kappa shape index (κ1) is 18.1. The van der Waals surface area contributed by atoms with Gasteiger partial charge >= 0.3 is 6.18 Å². The standard InChI is InChI=1S/C16H14Cl2F3N3O/c1-9-6-12(22-13(25)14(2)8-15(14,17)18)24(23-9)11-5-3-4-10(7-11)16(19,20)21/h3-7H,8H2,1-2H3,(H,22,25). The van der Waals surface area contributed by atoms with Crippen LogP contribution in [0.2, 0.25) is 0 Å². The van der Waals surface area contributed by atoms with Crippen molar-refractivity contribution in [3.8, 4) is 5.69 Å². The van der Waals surface area contributed by atoms with Crippen LogP contribution in [0.25, 0.3) is 5.69 Å². The Labute approximate surface area is 151 Å². The predicted octanol–water partition coefficient (Wildman–Crippen LogP) is 4.72. The van der Waals surface area contributed by atoms with Gasteiger partial charge < -0.3 is 5.32 Å². The van der Waals surface area contributed by atoms with Crippen molar-refractivity contribution in [2.45, 2.75) is 30.8 Å². The van der Waals surface area contributed by atoms with Crippen molar-refractivity contribution in [2.24, 2.45) is 5.41 Å². The lowest BCUT2D eigenvalue weighted by atomic mass is 10.1. The predicted molar refractivity (Wildman–Crippen MR) is 89.1 cm³/mol. The number of alkyl halides is 5. The highest BCUT2D eigenvalue weighted by molar-refractivity contribution is 6.53. The Bertz CT molecular complexity index is 847. The number of nitrogens with zero attached hydrogens (tertiary/aromatic N) is 2. The van der Waals surface area contributed by atoms with Crippen LogP contribution in [-0.4, -0.2) is 20.0 Å². The lowest BCUT2D eigenvalue weighted by Crippen LogP contribution is -2.27. The van der Waals surface area contributed by atoms with E-state index in [0.717, 1.165) is 12.1 Å². The number of carbonyl (C=O) groups is 1. The van der Waals surface area contributed by atoms with Crippen LogP contribution in [0.4, 0.5) is 19.0 Å². The normalized spacial score (nSPS) is 21.9. The Balaban J connectivity index is 1.94. The number of aryl methyl sites for hydroxylation is 1. The molecule has 0 bridgehead atoms. The number of hydrogen-bond donors (Lipinski definition) is 1. The molecule has 1 aliphatic carbocycles. The third kappa shape index (κ3) is 3.22. The second-order valence-corrected chi connectivity index (χ2v) is 7.78. The van der Waals surface area contributed by atoms with E-state index in [-0.39, 0.29) is 11.5 Å². The van der Waals surface area contributed by atoms with Gasteiger partial charge in [0.15, 0.2) is 0 Å². The van der Waals surface area contributed by atoms with Gasteiger partial charge in [-0.25, -0.2) is 4.68 Å². The van der Waals surface area contributed by atoms with E-state index in [1.807, 2.05) is 0 Å². The quantitative estimate of drug-likeness (QED) is 0.769. The van der Waals surface area contributed by atoms with Gasteiger partial charge in [0, 0.05) is 6.07 Å². The zero-order valence-corrected chi connectivity index (χ0v) is 14.8. The third-order valence-electron chi connectivity index (χ3n) is 4.25. The van der Waals surface area contributed by atoms with E-state index in [4.69, 9.17) is 23.2 Å². The summed E-state index contributed by atoms with van der Waals surface area (Å²) in [6, 6.07) is 6.26. The molecular weight excluding hydrogens is 378 g/mol. The number of aromatic nitrogens is 2. The molecule has 1 atom stereocenters. The molecule has 1 aliphatic rings. The van der Waals surface area contributed by atoms with Crippen molar-refractivity contribution in [3.63, 3.8) is 0 Å². The molecule has 25 heavy (non-hydrogen) atoms. The lowest BCUT2D eigenvalue weighted by Gasteiger charge is -2.14. The number of benzene rings is 1. The molecule has 2 aromatic rings. The van der Waals surface area contributed by atoms with E-state index in [0.29, 0.717) is 12.1 Å². The highest BCUT2D eigenvalue weighted by Crippen LogP contribution is 2.64. The molecule has 4 nitrogen and oxygen atoms in total. The zero-order chi connectivity index (χ0) is 18.6. The maximum atomic E-state index is 12.9. The van der Waals surface area contributed by atoms with Gasteiger partial charge in [-0.05, 0) is 38.5 Å². The molecule has 0 spiro atoms. The smallest absolute Gasteiger partial charge is 0.310 e. The first-order valence-corrected chi connectivity index (χ1v) is 8.13. The third-order valence-corrected chi connectivity index (χ3v) is 5.35. The summed E-state index contributed by atoms with van der Waals surface area (Å²) in [5.41, 5.74) is -1.03. The summed E-state index contributed by atoms with van der Waals surface area (Å²) in [6.45, 7) is 3.30. The molecule has 0 aliphatic heterocycles. The number of rotatable bonds is 3. The first-order valence-electron chi connectivity index (χ1n) is 7.38. The Morgan fingerprint density at radius 2 is 1.96 bits per heavy atom. The molecule has 1 heterocycles. The molecule has 0 saturated heterocycles. The summed E-state index contributed by atoms with van der Waals surface area (Å²) in [7, 11) is 0. The molecule has 9 heteroatoms. The van der Waals surface area contributed by atoms with Crippen LogP contribution in [0.5, 0.6) is 0 Å². The number of carbonyl (C=O) groups excluding carboxylic acids is 1. The van der Waals surface area contributed by atoms with Crippen LogP contribution in [-0.2, 0) is 11.0 Å². The van der Waals surface area contributed by atoms with Crippen LogP contribution >= 0.6 is 23.2 Å². The average Bonchev–Trinajstić information content (AvgIpc) is 2.84. The fourth-order valence-corrected chi connectivity index (χ4v) is 3.21. The largest absolute Gasteiger partial charge is 0.416 e. The van der Waals surface area contributed by atoms with Crippen LogP contribution < -0.4 is 5.32 Å². The van der Waals surface area contributed by atoms with Crippen molar-refractivity contribution >= 4 is 34.9 Å². The van der Waals surface area contributed by atoms with E-state index in [9.17, 15) is 18.0 Å². The molecule has 3 rings (SSSR count). The average molecular weight is 392 g/mol. The second kappa shape index (κ2) is 5.64. The van der Waals surface area contributed by atoms with Gasteiger partial charge in [-0.2, -0.15) is 18.3 Å². The first-order chi connectivity index (χ1) is 11.4. The number of halogens is 5. The van der Waals surface area contributed by atoms with E-state index in [1.165, 1.54) is 16.8 Å². The summed E-state index contributed by atoms with van der Waals surface area (Å²) in [5, 5.41) is 6.82. The summed E-state index contributed by atoms with van der Waals surface area (Å²) in [5.74, 6) is -0.162. The molecule has 1 aromatic heterocycles. The number of nitrogens with one attached hydrogen (secondary N) is 1. The highest BCUT2D eigenvalue weighted by Gasteiger charge is 2.68. The van der Waals surface area contributed by atoms with E-state index < -0.39 is 27.4 Å². The minimum absolute atomic E-state index is 0.183. The topological polar surface area (TPSA) is 46.9 Å². The lowest BCUT2D eigenvalue weighted by molar-refractivity contribution is -0.137. The molecule has 0 radical (unpaired) electrons. The van der Waals surface area contributed by atoms with Crippen molar-refractivity contribution in [2.75, 3.05) is 5.32 Å². The Kier molecular flexibility index (Phi) is 4.08.